The number of likely N-dealkylation sites (N-methyl/N-ethyl adjacent to an activating group) is 1. The van der Waals surface area contributed by atoms with Crippen molar-refractivity contribution in [3.8, 4) is 11.5 Å². The number of hydrogen-bond acceptors (Lipinski definition) is 6. The molecule has 1 aromatic carbocycles. The average molecular weight is 361 g/mol. The highest BCUT2D eigenvalue weighted by molar-refractivity contribution is 5.90. The summed E-state index contributed by atoms with van der Waals surface area (Å²) in [5.41, 5.74) is 1.45. The highest BCUT2D eigenvalue weighted by Crippen LogP contribution is 2.24. The number of benzene rings is 1. The van der Waals surface area contributed by atoms with Crippen LogP contribution >= 0.6 is 0 Å². The Kier molecular flexibility index (Phi) is 6.98. The summed E-state index contributed by atoms with van der Waals surface area (Å²) < 4.78 is 16.4. The van der Waals surface area contributed by atoms with Crippen LogP contribution in [0.2, 0.25) is 0 Å². The lowest BCUT2D eigenvalue weighted by molar-refractivity contribution is -0.142. The van der Waals surface area contributed by atoms with E-state index in [0.717, 1.165) is 25.2 Å². The van der Waals surface area contributed by atoms with Crippen molar-refractivity contribution < 1.29 is 23.8 Å². The Balaban J connectivity index is 2.69. The standard InChI is InChI=1S/C20H27NO5/c1-6-21(7-2)10-9-14-15(12-22)18-13(4)19(24-5)20(23)26-17(18)11-16(14)25-8-3/h11,19H,6-10H2,1-5H3. The van der Waals surface area contributed by atoms with Crippen molar-refractivity contribution in [2.45, 2.75) is 40.2 Å². The molecule has 6 nitrogen and oxygen atoms in total. The summed E-state index contributed by atoms with van der Waals surface area (Å²) in [5, 5.41) is 0.981. The molecule has 1 aromatic rings. The molecule has 26 heavy (non-hydrogen) atoms. The number of fused-ring (bicyclic) bond motifs is 1. The lowest BCUT2D eigenvalue weighted by atomic mass is 9.98. The molecule has 1 aliphatic heterocycles. The number of rotatable bonds is 8. The van der Waals surface area contributed by atoms with Gasteiger partial charge in [-0.15, -0.1) is 0 Å². The fourth-order valence-electron chi connectivity index (χ4n) is 3.35. The molecule has 142 valence electrons. The summed E-state index contributed by atoms with van der Waals surface area (Å²) in [6.07, 6.45) is -0.170. The molecule has 0 radical (unpaired) electrons. The zero-order chi connectivity index (χ0) is 19.3. The smallest absolute Gasteiger partial charge is 0.345 e. The Hall–Kier alpha value is -2.14. The summed E-state index contributed by atoms with van der Waals surface area (Å²) in [6.45, 7) is 11.0. The second-order valence-electron chi connectivity index (χ2n) is 6.13. The first-order chi connectivity index (χ1) is 12.5. The predicted molar refractivity (Wildman–Crippen MR) is 98.7 cm³/mol. The van der Waals surface area contributed by atoms with Crippen molar-refractivity contribution in [2.75, 3.05) is 33.4 Å². The summed E-state index contributed by atoms with van der Waals surface area (Å²) in [7, 11) is 1.45. The van der Waals surface area contributed by atoms with Crippen LogP contribution in [0, 0.1) is 0 Å². The lowest BCUT2D eigenvalue weighted by Gasteiger charge is -2.24. The zero-order valence-electron chi connectivity index (χ0n) is 16.2. The number of carbonyl (C=O) groups is 1. The first-order valence-electron chi connectivity index (χ1n) is 9.03. The molecule has 0 fully saturated rings. The van der Waals surface area contributed by atoms with E-state index in [1.807, 2.05) is 6.92 Å². The largest absolute Gasteiger partial charge is 0.493 e. The summed E-state index contributed by atoms with van der Waals surface area (Å²) in [6, 6.07) is 1.70. The van der Waals surface area contributed by atoms with Crippen LogP contribution in [0.4, 0.5) is 0 Å². The van der Waals surface area contributed by atoms with Gasteiger partial charge in [0.2, 0.25) is 0 Å². The molecule has 6 heteroatoms. The maximum Gasteiger partial charge on any atom is 0.345 e. The van der Waals surface area contributed by atoms with E-state index in [0.29, 0.717) is 40.5 Å². The summed E-state index contributed by atoms with van der Waals surface area (Å²) >= 11 is 0. The minimum atomic E-state index is -0.817. The van der Waals surface area contributed by atoms with Crippen LogP contribution in [0.5, 0.6) is 11.5 Å². The summed E-state index contributed by atoms with van der Waals surface area (Å²) in [4.78, 5) is 26.3. The topological polar surface area (TPSA) is 65.1 Å². The van der Waals surface area contributed by atoms with Gasteiger partial charge < -0.3 is 19.1 Å². The van der Waals surface area contributed by atoms with Gasteiger partial charge in [-0.25, -0.2) is 9.59 Å². The number of ether oxygens (including phenoxy) is 3. The first kappa shape index (κ1) is 20.2. The Morgan fingerprint density at radius 1 is 1.27 bits per heavy atom. The number of nitrogens with zero attached hydrogens (tertiary/aromatic N) is 1. The molecule has 1 atom stereocenters. The molecular formula is C20H27NO5. The van der Waals surface area contributed by atoms with Crippen molar-refractivity contribution in [3.63, 3.8) is 0 Å². The molecule has 0 amide bonds. The third-order valence-corrected chi connectivity index (χ3v) is 4.78. The Morgan fingerprint density at radius 3 is 2.50 bits per heavy atom. The molecule has 0 saturated heterocycles. The third-order valence-electron chi connectivity index (χ3n) is 4.78. The highest BCUT2D eigenvalue weighted by Gasteiger charge is 2.30. The molecule has 0 bridgehead atoms. The number of methoxy groups -OCH3 is 1. The lowest BCUT2D eigenvalue weighted by Crippen LogP contribution is -2.45. The van der Waals surface area contributed by atoms with E-state index >= 15 is 0 Å². The molecule has 1 unspecified atom stereocenters. The fourth-order valence-corrected chi connectivity index (χ4v) is 3.35. The van der Waals surface area contributed by atoms with Gasteiger partial charge in [0.25, 0.3) is 0 Å². The Bertz CT molecular complexity index is 806. The van der Waals surface area contributed by atoms with Gasteiger partial charge in [-0.05, 0) is 38.9 Å². The molecule has 0 aromatic heterocycles. The van der Waals surface area contributed by atoms with Crippen LogP contribution in [-0.2, 0) is 20.7 Å². The highest BCUT2D eigenvalue weighted by atomic mass is 16.6. The molecule has 0 N–H and O–H groups in total. The SMILES string of the molecule is CCOc1cc2c(c(=C=O)c1CCN(CC)CC)=C(C)C(OC)C(=O)O2. The third kappa shape index (κ3) is 3.83. The molecule has 1 heterocycles. The van der Waals surface area contributed by atoms with Gasteiger partial charge in [0.1, 0.15) is 17.4 Å². The average Bonchev–Trinajstić information content (AvgIpc) is 2.63. The minimum Gasteiger partial charge on any atom is -0.493 e. The molecule has 0 aliphatic carbocycles. The van der Waals surface area contributed by atoms with Gasteiger partial charge >= 0.3 is 5.97 Å². The summed E-state index contributed by atoms with van der Waals surface area (Å²) in [5.74, 6) is 2.45. The molecule has 0 spiro atoms. The van der Waals surface area contributed by atoms with E-state index in [2.05, 4.69) is 24.7 Å². The normalized spacial score (nSPS) is 16.3. The molecular weight excluding hydrogens is 334 g/mol. The first-order valence-corrected chi connectivity index (χ1v) is 9.03. The molecule has 0 saturated carbocycles. The Morgan fingerprint density at radius 2 is 1.96 bits per heavy atom. The van der Waals surface area contributed by atoms with E-state index < -0.39 is 12.1 Å². The number of esters is 1. The van der Waals surface area contributed by atoms with Gasteiger partial charge in [0.15, 0.2) is 6.10 Å². The van der Waals surface area contributed by atoms with Gasteiger partial charge in [-0.1, -0.05) is 13.8 Å². The van der Waals surface area contributed by atoms with E-state index in [-0.39, 0.29) is 0 Å². The van der Waals surface area contributed by atoms with Crippen molar-refractivity contribution in [1.29, 1.82) is 0 Å². The monoisotopic (exact) mass is 361 g/mol. The van der Waals surface area contributed by atoms with Crippen LogP contribution in [-0.4, -0.2) is 56.3 Å². The van der Waals surface area contributed by atoms with Crippen molar-refractivity contribution in [1.82, 2.24) is 4.90 Å². The van der Waals surface area contributed by atoms with Crippen molar-refractivity contribution in [2.24, 2.45) is 0 Å². The number of carbonyl (C=O) groups excluding carboxylic acids is 2. The van der Waals surface area contributed by atoms with Crippen LogP contribution < -0.4 is 19.9 Å². The van der Waals surface area contributed by atoms with Crippen molar-refractivity contribution >= 4 is 17.5 Å². The minimum absolute atomic E-state index is 0.328. The Labute approximate surface area is 154 Å². The van der Waals surface area contributed by atoms with Gasteiger partial charge in [0.05, 0.1) is 11.8 Å². The van der Waals surface area contributed by atoms with Gasteiger partial charge in [-0.3, -0.25) is 0 Å². The molecule has 1 aliphatic rings. The predicted octanol–water partition coefficient (Wildman–Crippen LogP) is 0.577. The number of hydrogen-bond donors (Lipinski definition) is 0. The fraction of sp³-hybridized carbons (Fsp3) is 0.550. The van der Waals surface area contributed by atoms with E-state index in [9.17, 15) is 9.59 Å². The van der Waals surface area contributed by atoms with E-state index in [1.165, 1.54) is 7.11 Å². The van der Waals surface area contributed by atoms with Gasteiger partial charge in [0, 0.05) is 30.5 Å². The quantitative estimate of drug-likeness (QED) is 0.498. The van der Waals surface area contributed by atoms with Gasteiger partial charge in [-0.2, -0.15) is 0 Å². The van der Waals surface area contributed by atoms with E-state index in [4.69, 9.17) is 14.2 Å². The maximum atomic E-state index is 12.1. The van der Waals surface area contributed by atoms with E-state index in [1.54, 1.807) is 13.0 Å². The second-order valence-corrected chi connectivity index (χ2v) is 6.13. The second kappa shape index (κ2) is 8.99. The van der Waals surface area contributed by atoms with Crippen LogP contribution in [0.25, 0.3) is 5.57 Å². The zero-order valence-corrected chi connectivity index (χ0v) is 16.2. The maximum absolute atomic E-state index is 12.1. The molecule has 2 rings (SSSR count). The van der Waals surface area contributed by atoms with Crippen LogP contribution in [0.1, 0.15) is 33.3 Å². The van der Waals surface area contributed by atoms with Crippen LogP contribution in [0.15, 0.2) is 6.07 Å². The van der Waals surface area contributed by atoms with Crippen molar-refractivity contribution in [3.05, 3.63) is 22.1 Å². The van der Waals surface area contributed by atoms with Crippen LogP contribution in [0.3, 0.4) is 0 Å².